The molecular weight excluding hydrogens is 178 g/mol. The van der Waals surface area contributed by atoms with Gasteiger partial charge in [0.15, 0.2) is 0 Å². The molecule has 1 unspecified atom stereocenters. The number of benzene rings is 1. The van der Waals surface area contributed by atoms with Gasteiger partial charge in [0.25, 0.3) is 0 Å². The third kappa shape index (κ3) is 3.01. The Kier molecular flexibility index (Phi) is 4.43. The van der Waals surface area contributed by atoms with Gasteiger partial charge in [-0.1, -0.05) is 12.1 Å². The Balaban J connectivity index is 2.68. The van der Waals surface area contributed by atoms with E-state index in [1.54, 1.807) is 19.2 Å². The molecule has 78 valence electrons. The van der Waals surface area contributed by atoms with E-state index in [0.29, 0.717) is 0 Å². The fraction of sp³-hybridized carbons (Fsp3) is 0.455. The van der Waals surface area contributed by atoms with Crippen LogP contribution in [0.5, 0.6) is 5.75 Å². The summed E-state index contributed by atoms with van der Waals surface area (Å²) in [6, 6.07) is 7.19. The monoisotopic (exact) mass is 195 g/mol. The van der Waals surface area contributed by atoms with Crippen LogP contribution < -0.4 is 5.32 Å². The first-order chi connectivity index (χ1) is 6.77. The second kappa shape index (κ2) is 5.62. The third-order valence-corrected chi connectivity index (χ3v) is 2.18. The van der Waals surface area contributed by atoms with Gasteiger partial charge in [-0.3, -0.25) is 0 Å². The van der Waals surface area contributed by atoms with Gasteiger partial charge in [-0.25, -0.2) is 0 Å². The average Bonchev–Trinajstić information content (AvgIpc) is 2.19. The molecule has 0 amide bonds. The smallest absolute Gasteiger partial charge is 0.115 e. The van der Waals surface area contributed by atoms with Gasteiger partial charge in [-0.05, 0) is 37.7 Å². The van der Waals surface area contributed by atoms with Gasteiger partial charge in [0.1, 0.15) is 5.75 Å². The van der Waals surface area contributed by atoms with E-state index in [1.807, 2.05) is 19.2 Å². The zero-order chi connectivity index (χ0) is 10.4. The minimum Gasteiger partial charge on any atom is -0.508 e. The highest BCUT2D eigenvalue weighted by Crippen LogP contribution is 2.22. The summed E-state index contributed by atoms with van der Waals surface area (Å²) >= 11 is 0. The molecule has 1 atom stereocenters. The van der Waals surface area contributed by atoms with E-state index in [9.17, 15) is 5.11 Å². The summed E-state index contributed by atoms with van der Waals surface area (Å²) in [4.78, 5) is 0. The molecular formula is C11H17NO2. The van der Waals surface area contributed by atoms with Crippen molar-refractivity contribution >= 4 is 0 Å². The normalized spacial score (nSPS) is 12.7. The van der Waals surface area contributed by atoms with Gasteiger partial charge < -0.3 is 15.2 Å². The highest BCUT2D eigenvalue weighted by atomic mass is 16.5. The van der Waals surface area contributed by atoms with E-state index in [-0.39, 0.29) is 11.9 Å². The summed E-state index contributed by atoms with van der Waals surface area (Å²) < 4.78 is 5.34. The Bertz CT molecular complexity index is 276. The Morgan fingerprint density at radius 1 is 1.50 bits per heavy atom. The molecule has 1 aromatic rings. The summed E-state index contributed by atoms with van der Waals surface area (Å²) in [7, 11) is 3.60. The Morgan fingerprint density at radius 3 is 2.86 bits per heavy atom. The minimum atomic E-state index is 0.0505. The van der Waals surface area contributed by atoms with E-state index in [2.05, 4.69) is 5.32 Å². The Hall–Kier alpha value is -1.06. The minimum absolute atomic E-state index is 0.0505. The molecule has 0 spiro atoms. The van der Waals surface area contributed by atoms with Crippen LogP contribution in [0.25, 0.3) is 0 Å². The van der Waals surface area contributed by atoms with Crippen molar-refractivity contribution in [1.29, 1.82) is 0 Å². The molecule has 3 nitrogen and oxygen atoms in total. The average molecular weight is 195 g/mol. The van der Waals surface area contributed by atoms with Gasteiger partial charge in [-0.15, -0.1) is 0 Å². The Morgan fingerprint density at radius 2 is 2.29 bits per heavy atom. The first-order valence-electron chi connectivity index (χ1n) is 4.74. The van der Waals surface area contributed by atoms with Crippen LogP contribution in [-0.4, -0.2) is 25.8 Å². The summed E-state index contributed by atoms with van der Waals surface area (Å²) in [5.41, 5.74) is 1.02. The Labute approximate surface area is 84.7 Å². The van der Waals surface area contributed by atoms with Crippen LogP contribution >= 0.6 is 0 Å². The third-order valence-electron chi connectivity index (χ3n) is 2.18. The molecule has 0 heterocycles. The molecule has 0 bridgehead atoms. The van der Waals surface area contributed by atoms with Crippen LogP contribution in [0, 0.1) is 0 Å². The lowest BCUT2D eigenvalue weighted by Gasteiger charge is -2.15. The molecule has 0 aliphatic carbocycles. The van der Waals surface area contributed by atoms with Gasteiger partial charge in [0, 0.05) is 7.11 Å². The number of hydrogen-bond acceptors (Lipinski definition) is 3. The predicted octanol–water partition coefficient (Wildman–Crippen LogP) is 1.69. The number of nitrogens with one attached hydrogen (secondary N) is 1. The van der Waals surface area contributed by atoms with Crippen LogP contribution in [0.3, 0.4) is 0 Å². The molecule has 1 rings (SSSR count). The van der Waals surface area contributed by atoms with E-state index >= 15 is 0 Å². The van der Waals surface area contributed by atoms with Gasteiger partial charge in [-0.2, -0.15) is 0 Å². The number of rotatable bonds is 5. The number of hydrogen-bond donors (Lipinski definition) is 2. The number of aromatic hydroxyl groups is 1. The van der Waals surface area contributed by atoms with Crippen molar-refractivity contribution in [3.8, 4) is 5.75 Å². The van der Waals surface area contributed by atoms with E-state index < -0.39 is 0 Å². The van der Waals surface area contributed by atoms with Gasteiger partial charge in [0.2, 0.25) is 0 Å². The number of phenols is 1. The maximum Gasteiger partial charge on any atom is 0.115 e. The molecule has 3 heteroatoms. The maximum atomic E-state index is 9.31. The highest BCUT2D eigenvalue weighted by Gasteiger charge is 2.09. The molecule has 0 saturated heterocycles. The summed E-state index contributed by atoms with van der Waals surface area (Å²) in [6.07, 6.45) is 0.950. The number of ether oxygens (including phenoxy) is 1. The molecule has 0 radical (unpaired) electrons. The van der Waals surface area contributed by atoms with Crippen LogP contribution in [0.15, 0.2) is 24.3 Å². The van der Waals surface area contributed by atoms with E-state index in [0.717, 1.165) is 18.5 Å². The predicted molar refractivity (Wildman–Crippen MR) is 56.4 cm³/mol. The number of methoxy groups -OCH3 is 1. The van der Waals surface area contributed by atoms with Crippen LogP contribution in [-0.2, 0) is 4.74 Å². The first kappa shape index (κ1) is 11.0. The van der Waals surface area contributed by atoms with E-state index in [1.165, 1.54) is 0 Å². The lowest BCUT2D eigenvalue weighted by molar-refractivity contribution is 0.0959. The molecule has 0 fully saturated rings. The topological polar surface area (TPSA) is 41.5 Å². The van der Waals surface area contributed by atoms with Crippen molar-refractivity contribution < 1.29 is 9.84 Å². The maximum absolute atomic E-state index is 9.31. The van der Waals surface area contributed by atoms with Crippen LogP contribution in [0.1, 0.15) is 18.1 Å². The highest BCUT2D eigenvalue weighted by molar-refractivity contribution is 5.28. The second-order valence-corrected chi connectivity index (χ2v) is 3.21. The molecule has 0 aliphatic heterocycles. The molecule has 14 heavy (non-hydrogen) atoms. The van der Waals surface area contributed by atoms with Crippen molar-refractivity contribution in [1.82, 2.24) is 5.32 Å². The second-order valence-electron chi connectivity index (χ2n) is 3.21. The standard InChI is InChI=1S/C11H17NO2/c1-12-7-6-11(14-2)9-4-3-5-10(13)8-9/h3-5,8,11-13H,6-7H2,1-2H3. The molecule has 1 aromatic carbocycles. The molecule has 0 aliphatic rings. The molecule has 0 saturated carbocycles. The van der Waals surface area contributed by atoms with Gasteiger partial charge in [0.05, 0.1) is 6.10 Å². The zero-order valence-corrected chi connectivity index (χ0v) is 8.66. The fourth-order valence-corrected chi connectivity index (χ4v) is 1.42. The van der Waals surface area contributed by atoms with Crippen molar-refractivity contribution in [3.05, 3.63) is 29.8 Å². The quantitative estimate of drug-likeness (QED) is 0.751. The SMILES string of the molecule is CNCCC(OC)c1cccc(O)c1. The van der Waals surface area contributed by atoms with Crippen LogP contribution in [0.4, 0.5) is 0 Å². The summed E-state index contributed by atoms with van der Waals surface area (Å²) in [5.74, 6) is 0.286. The van der Waals surface area contributed by atoms with Crippen molar-refractivity contribution in [3.63, 3.8) is 0 Å². The lowest BCUT2D eigenvalue weighted by Crippen LogP contribution is -2.13. The first-order valence-corrected chi connectivity index (χ1v) is 4.74. The van der Waals surface area contributed by atoms with Crippen molar-refractivity contribution in [2.24, 2.45) is 0 Å². The summed E-state index contributed by atoms with van der Waals surface area (Å²) in [5, 5.41) is 12.4. The largest absolute Gasteiger partial charge is 0.508 e. The molecule has 0 aromatic heterocycles. The van der Waals surface area contributed by atoms with E-state index in [4.69, 9.17) is 4.74 Å². The number of phenolic OH excluding ortho intramolecular Hbond substituents is 1. The van der Waals surface area contributed by atoms with Gasteiger partial charge >= 0.3 is 0 Å². The zero-order valence-electron chi connectivity index (χ0n) is 8.66. The summed E-state index contributed by atoms with van der Waals surface area (Å²) in [6.45, 7) is 0.897. The fourth-order valence-electron chi connectivity index (χ4n) is 1.42. The van der Waals surface area contributed by atoms with Crippen LogP contribution in [0.2, 0.25) is 0 Å². The van der Waals surface area contributed by atoms with Crippen molar-refractivity contribution in [2.45, 2.75) is 12.5 Å². The van der Waals surface area contributed by atoms with Crippen molar-refractivity contribution in [2.75, 3.05) is 20.7 Å². The molecule has 2 N–H and O–H groups in total. The lowest BCUT2D eigenvalue weighted by atomic mass is 10.1.